The monoisotopic (exact) mass is 521 g/mol. The van der Waals surface area contributed by atoms with Crippen LogP contribution in [0.15, 0.2) is 30.3 Å². The van der Waals surface area contributed by atoms with E-state index in [1.165, 1.54) is 0 Å². The number of fused-ring (bicyclic) bond motifs is 2. The van der Waals surface area contributed by atoms with Crippen molar-refractivity contribution in [2.45, 2.75) is 114 Å². The van der Waals surface area contributed by atoms with Crippen molar-refractivity contribution in [1.82, 2.24) is 25.0 Å². The number of rotatable bonds is 8. The molecule has 3 heterocycles. The number of alkyl halides is 2. The molecule has 2 aliphatic heterocycles. The highest BCUT2D eigenvalue weighted by Gasteiger charge is 2.42. The third kappa shape index (κ3) is 5.74. The van der Waals surface area contributed by atoms with Gasteiger partial charge in [-0.1, -0.05) is 44.2 Å². The van der Waals surface area contributed by atoms with Crippen LogP contribution < -0.4 is 5.32 Å². The van der Waals surface area contributed by atoms with Crippen LogP contribution in [-0.2, 0) is 4.79 Å². The van der Waals surface area contributed by atoms with Gasteiger partial charge in [0.15, 0.2) is 0 Å². The Morgan fingerprint density at radius 2 is 1.81 bits per heavy atom. The SMILES string of the molecule is [2H]C1(C(=O)NC(CC([2H])([2H])N2C3CCC2CC(n2c(C)nnc2C([2H])(C)C)C3)c2ccccc2)CC([2H])([2H])C(F)(F)C([2H])([2H])C1. The van der Waals surface area contributed by atoms with Crippen molar-refractivity contribution in [3.8, 4) is 0 Å². The number of aromatic nitrogens is 3. The van der Waals surface area contributed by atoms with Crippen molar-refractivity contribution >= 4 is 5.91 Å². The lowest BCUT2D eigenvalue weighted by atomic mass is 9.86. The Kier molecular flexibility index (Phi) is 5.26. The van der Waals surface area contributed by atoms with E-state index < -0.39 is 61.7 Å². The van der Waals surface area contributed by atoms with Crippen molar-refractivity contribution in [2.24, 2.45) is 5.89 Å². The van der Waals surface area contributed by atoms with Crippen LogP contribution in [0.25, 0.3) is 0 Å². The molecule has 1 aromatic carbocycles. The van der Waals surface area contributed by atoms with Gasteiger partial charge >= 0.3 is 0 Å². The highest BCUT2D eigenvalue weighted by molar-refractivity contribution is 5.79. The number of nitrogens with zero attached hydrogens (tertiary/aromatic N) is 4. The molecule has 37 heavy (non-hydrogen) atoms. The summed E-state index contributed by atoms with van der Waals surface area (Å²) in [5, 5.41) is 11.1. The molecule has 5 rings (SSSR count). The van der Waals surface area contributed by atoms with Gasteiger partial charge in [0.05, 0.1) is 6.04 Å². The summed E-state index contributed by atoms with van der Waals surface area (Å²) in [6.07, 6.45) is -6.75. The van der Waals surface area contributed by atoms with Crippen LogP contribution in [0.1, 0.15) is 118 Å². The Balaban J connectivity index is 1.38. The Bertz CT molecular complexity index is 1380. The topological polar surface area (TPSA) is 63.1 Å². The van der Waals surface area contributed by atoms with Crippen molar-refractivity contribution < 1.29 is 24.5 Å². The van der Waals surface area contributed by atoms with Gasteiger partial charge in [-0.3, -0.25) is 9.69 Å². The second-order valence-electron chi connectivity index (χ2n) is 10.5. The van der Waals surface area contributed by atoms with E-state index in [1.807, 2.05) is 16.4 Å². The van der Waals surface area contributed by atoms with Crippen LogP contribution in [0.4, 0.5) is 8.78 Å². The fraction of sp³-hybridized carbons (Fsp3) is 0.690. The molecule has 3 fully saturated rings. The first kappa shape index (κ1) is 18.0. The first-order valence-corrected chi connectivity index (χ1v) is 13.0. The zero-order chi connectivity index (χ0) is 33.4. The normalized spacial score (nSPS) is 34.4. The zero-order valence-corrected chi connectivity index (χ0v) is 21.6. The first-order valence-electron chi connectivity index (χ1n) is 17.0. The molecule has 2 aromatic rings. The molecular weight excluding hydrogens is 472 g/mol. The molecule has 202 valence electrons. The van der Waals surface area contributed by atoms with E-state index >= 15 is 0 Å². The van der Waals surface area contributed by atoms with E-state index in [0.717, 1.165) is 12.8 Å². The quantitative estimate of drug-likeness (QED) is 0.466. The lowest BCUT2D eigenvalue weighted by Gasteiger charge is -2.40. The first-order chi connectivity index (χ1) is 20.6. The average molecular weight is 522 g/mol. The number of carbonyl (C=O) groups excluding carboxylic acids is 1. The molecule has 1 aromatic heterocycles. The average Bonchev–Trinajstić information content (AvgIpc) is 3.44. The molecule has 1 amide bonds. The summed E-state index contributed by atoms with van der Waals surface area (Å²) in [5.41, 5.74) is 0.523. The van der Waals surface area contributed by atoms with Crippen LogP contribution >= 0.6 is 0 Å². The molecule has 2 saturated heterocycles. The van der Waals surface area contributed by atoms with Gasteiger partial charge in [-0.2, -0.15) is 0 Å². The lowest BCUT2D eigenvalue weighted by molar-refractivity contribution is -0.130. The Morgan fingerprint density at radius 1 is 1.16 bits per heavy atom. The number of aryl methyl sites for hydroxylation is 1. The predicted octanol–water partition coefficient (Wildman–Crippen LogP) is 5.95. The summed E-state index contributed by atoms with van der Waals surface area (Å²) in [6.45, 7) is 3.43. The maximum atomic E-state index is 14.6. The number of amides is 1. The fourth-order valence-electron chi connectivity index (χ4n) is 5.88. The van der Waals surface area contributed by atoms with Gasteiger partial charge in [0.25, 0.3) is 0 Å². The fourth-order valence-corrected chi connectivity index (χ4v) is 5.88. The number of nitrogens with one attached hydrogen (secondary N) is 1. The molecular formula is C29H41F2N5O. The molecule has 3 unspecified atom stereocenters. The van der Waals surface area contributed by atoms with Gasteiger partial charge in [0.2, 0.25) is 11.8 Å². The largest absolute Gasteiger partial charge is 0.349 e. The van der Waals surface area contributed by atoms with Gasteiger partial charge in [0.1, 0.15) is 11.6 Å². The second-order valence-corrected chi connectivity index (χ2v) is 10.5. The number of carbonyl (C=O) groups is 1. The van der Waals surface area contributed by atoms with Crippen LogP contribution in [0.3, 0.4) is 0 Å². The van der Waals surface area contributed by atoms with Gasteiger partial charge in [-0.05, 0) is 57.4 Å². The van der Waals surface area contributed by atoms with Crippen molar-refractivity contribution in [2.75, 3.05) is 6.50 Å². The Morgan fingerprint density at radius 3 is 2.43 bits per heavy atom. The minimum atomic E-state index is -4.39. The zero-order valence-electron chi connectivity index (χ0n) is 29.6. The summed E-state index contributed by atoms with van der Waals surface area (Å²) in [4.78, 5) is 15.4. The highest BCUT2D eigenvalue weighted by atomic mass is 19.3. The summed E-state index contributed by atoms with van der Waals surface area (Å²) in [7, 11) is 0. The van der Waals surface area contributed by atoms with Crippen LogP contribution in [0.2, 0.25) is 0 Å². The minimum absolute atomic E-state index is 0.00794. The Labute approximate surface area is 230 Å². The molecule has 8 heteroatoms. The van der Waals surface area contributed by atoms with E-state index in [4.69, 9.17) is 8.22 Å². The third-order valence-corrected chi connectivity index (χ3v) is 7.74. The molecule has 3 atom stereocenters. The predicted molar refractivity (Wildman–Crippen MR) is 139 cm³/mol. The van der Waals surface area contributed by atoms with Crippen LogP contribution in [0.5, 0.6) is 0 Å². The highest BCUT2D eigenvalue weighted by Crippen LogP contribution is 2.42. The Hall–Kier alpha value is -2.35. The van der Waals surface area contributed by atoms with Crippen LogP contribution in [0, 0.1) is 12.8 Å². The molecule has 0 spiro atoms. The van der Waals surface area contributed by atoms with Gasteiger partial charge in [-0.25, -0.2) is 8.78 Å². The number of halogens is 2. The van der Waals surface area contributed by atoms with E-state index in [-0.39, 0.29) is 24.5 Å². The maximum absolute atomic E-state index is 14.6. The van der Waals surface area contributed by atoms with E-state index in [9.17, 15) is 16.3 Å². The molecule has 0 radical (unpaired) electrons. The van der Waals surface area contributed by atoms with Gasteiger partial charge in [0, 0.05) is 60.1 Å². The molecule has 6 nitrogen and oxygen atoms in total. The lowest BCUT2D eigenvalue weighted by Crippen LogP contribution is -2.45. The summed E-state index contributed by atoms with van der Waals surface area (Å²) < 4.78 is 98.2. The van der Waals surface area contributed by atoms with Gasteiger partial charge in [-0.15, -0.1) is 10.2 Å². The second kappa shape index (κ2) is 10.8. The number of hydrogen-bond donors (Lipinski definition) is 1. The molecule has 3 aliphatic rings. The standard InChI is InChI=1S/C29H41F2N5O/c1-19(2)27-34-33-20(3)36(27)25-17-23-9-10-24(18-25)35(23)16-13-26(21-7-5-4-6-8-21)32-28(37)22-11-14-29(30,31)15-12-22/h4-8,19,22-26H,9-18H2,1-3H3,(H,32,37)/i14D2,15D2,16D2,19D,22D. The number of piperidine rings is 1. The molecule has 1 saturated carbocycles. The van der Waals surface area contributed by atoms with E-state index in [0.29, 0.717) is 30.1 Å². The van der Waals surface area contributed by atoms with Gasteiger partial charge < -0.3 is 9.88 Å². The number of hydrogen-bond acceptors (Lipinski definition) is 4. The molecule has 2 bridgehead atoms. The summed E-state index contributed by atoms with van der Waals surface area (Å²) >= 11 is 0. The maximum Gasteiger partial charge on any atom is 0.248 e. The molecule has 1 aliphatic carbocycles. The summed E-state index contributed by atoms with van der Waals surface area (Å²) in [5.74, 6) is -7.75. The summed E-state index contributed by atoms with van der Waals surface area (Å²) in [6, 6.07) is 7.26. The smallest absolute Gasteiger partial charge is 0.248 e. The van der Waals surface area contributed by atoms with Crippen molar-refractivity contribution in [3.63, 3.8) is 0 Å². The van der Waals surface area contributed by atoms with E-state index in [1.54, 1.807) is 44.2 Å². The molecule has 1 N–H and O–H groups in total. The van der Waals surface area contributed by atoms with Crippen molar-refractivity contribution in [3.05, 3.63) is 47.5 Å². The van der Waals surface area contributed by atoms with Crippen LogP contribution in [-0.4, -0.2) is 50.1 Å². The van der Waals surface area contributed by atoms with Crippen molar-refractivity contribution in [1.29, 1.82) is 0 Å². The number of benzene rings is 1. The van der Waals surface area contributed by atoms with E-state index in [2.05, 4.69) is 15.5 Å². The minimum Gasteiger partial charge on any atom is -0.349 e. The third-order valence-electron chi connectivity index (χ3n) is 7.74.